The van der Waals surface area contributed by atoms with E-state index in [0.29, 0.717) is 34.0 Å². The number of methoxy groups -OCH3 is 2. The molecule has 29 heavy (non-hydrogen) atoms. The molecule has 3 rings (SSSR count). The number of nitrogens with one attached hydrogen (secondary N) is 2. The zero-order valence-electron chi connectivity index (χ0n) is 16.3. The normalized spacial score (nSPS) is 10.1. The fraction of sp³-hybridized carbons (Fsp3) is 0.130. The van der Waals surface area contributed by atoms with Gasteiger partial charge in [0.2, 0.25) is 5.91 Å². The lowest BCUT2D eigenvalue weighted by molar-refractivity contribution is -0.115. The third kappa shape index (κ3) is 5.13. The summed E-state index contributed by atoms with van der Waals surface area (Å²) in [6.45, 7) is 0. The van der Waals surface area contributed by atoms with Crippen LogP contribution in [-0.4, -0.2) is 26.0 Å². The van der Waals surface area contributed by atoms with Gasteiger partial charge in [0, 0.05) is 11.1 Å². The maximum atomic E-state index is 12.6. The summed E-state index contributed by atoms with van der Waals surface area (Å²) in [5, 5.41) is 5.69. The van der Waals surface area contributed by atoms with E-state index in [1.165, 1.54) is 0 Å². The maximum absolute atomic E-state index is 12.6. The van der Waals surface area contributed by atoms with E-state index >= 15 is 0 Å². The number of hydrogen-bond donors (Lipinski definition) is 2. The Morgan fingerprint density at radius 3 is 2.10 bits per heavy atom. The summed E-state index contributed by atoms with van der Waals surface area (Å²) in [6.07, 6.45) is 0.0986. The van der Waals surface area contributed by atoms with E-state index < -0.39 is 0 Å². The second-order valence-corrected chi connectivity index (χ2v) is 6.27. The molecule has 0 aliphatic carbocycles. The largest absolute Gasteiger partial charge is 0.497 e. The molecule has 6 heteroatoms. The Morgan fingerprint density at radius 2 is 1.45 bits per heavy atom. The van der Waals surface area contributed by atoms with Gasteiger partial charge in [-0.25, -0.2) is 0 Å². The molecule has 0 aromatic heterocycles. The first-order valence-electron chi connectivity index (χ1n) is 9.07. The molecule has 0 fully saturated rings. The predicted octanol–water partition coefficient (Wildman–Crippen LogP) is 4.14. The first kappa shape index (κ1) is 19.9. The van der Waals surface area contributed by atoms with Gasteiger partial charge in [-0.3, -0.25) is 9.59 Å². The number of anilines is 2. The van der Waals surface area contributed by atoms with Crippen molar-refractivity contribution in [1.29, 1.82) is 0 Å². The molecule has 0 heterocycles. The van der Waals surface area contributed by atoms with Gasteiger partial charge in [-0.15, -0.1) is 0 Å². The number of hydrogen-bond acceptors (Lipinski definition) is 4. The fourth-order valence-electron chi connectivity index (χ4n) is 2.87. The van der Waals surface area contributed by atoms with Crippen molar-refractivity contribution in [2.75, 3.05) is 24.9 Å². The summed E-state index contributed by atoms with van der Waals surface area (Å²) in [5.41, 5.74) is 2.28. The van der Waals surface area contributed by atoms with Crippen molar-refractivity contribution in [1.82, 2.24) is 0 Å². The van der Waals surface area contributed by atoms with Crippen molar-refractivity contribution in [3.8, 4) is 11.5 Å². The monoisotopic (exact) mass is 390 g/mol. The summed E-state index contributed by atoms with van der Waals surface area (Å²) in [5.74, 6) is 0.760. The molecule has 0 radical (unpaired) electrons. The van der Waals surface area contributed by atoms with Gasteiger partial charge in [0.15, 0.2) is 0 Å². The lowest BCUT2D eigenvalue weighted by Gasteiger charge is -2.14. The molecule has 0 unspecified atom stereocenters. The van der Waals surface area contributed by atoms with Gasteiger partial charge in [-0.1, -0.05) is 30.3 Å². The van der Waals surface area contributed by atoms with Gasteiger partial charge < -0.3 is 20.1 Å². The minimum Gasteiger partial charge on any atom is -0.497 e. The molecule has 0 saturated heterocycles. The molecule has 6 nitrogen and oxygen atoms in total. The molecule has 0 aliphatic heterocycles. The highest BCUT2D eigenvalue weighted by Crippen LogP contribution is 2.26. The van der Waals surface area contributed by atoms with Crippen LogP contribution in [0, 0.1) is 0 Å². The topological polar surface area (TPSA) is 76.7 Å². The quantitative estimate of drug-likeness (QED) is 0.636. The van der Waals surface area contributed by atoms with Crippen molar-refractivity contribution in [2.24, 2.45) is 0 Å². The number of carbonyl (C=O) groups excluding carboxylic acids is 2. The Labute approximate surface area is 169 Å². The summed E-state index contributed by atoms with van der Waals surface area (Å²) in [4.78, 5) is 25.1. The van der Waals surface area contributed by atoms with Gasteiger partial charge in [-0.05, 0) is 42.5 Å². The van der Waals surface area contributed by atoms with Crippen molar-refractivity contribution in [2.45, 2.75) is 6.42 Å². The van der Waals surface area contributed by atoms with E-state index in [1.54, 1.807) is 80.9 Å². The smallest absolute Gasteiger partial charge is 0.255 e. The summed E-state index contributed by atoms with van der Waals surface area (Å²) in [7, 11) is 3.12. The van der Waals surface area contributed by atoms with Gasteiger partial charge in [-0.2, -0.15) is 0 Å². The maximum Gasteiger partial charge on any atom is 0.255 e. The minimum absolute atomic E-state index is 0.0986. The molecule has 0 saturated carbocycles. The van der Waals surface area contributed by atoms with Crippen LogP contribution < -0.4 is 20.1 Å². The van der Waals surface area contributed by atoms with Gasteiger partial charge >= 0.3 is 0 Å². The molecule has 2 N–H and O–H groups in total. The molecule has 2 amide bonds. The molecule has 0 aliphatic rings. The SMILES string of the molecule is COc1ccc(OC)c(CC(=O)Nc2ccccc2NC(=O)c2ccccc2)c1. The van der Waals surface area contributed by atoms with Gasteiger partial charge in [0.05, 0.1) is 32.0 Å². The minimum atomic E-state index is -0.248. The zero-order chi connectivity index (χ0) is 20.6. The van der Waals surface area contributed by atoms with Crippen LogP contribution in [0.3, 0.4) is 0 Å². The Hall–Kier alpha value is -3.80. The molecular weight excluding hydrogens is 368 g/mol. The lowest BCUT2D eigenvalue weighted by atomic mass is 10.1. The summed E-state index contributed by atoms with van der Waals surface area (Å²) < 4.78 is 10.6. The number of benzene rings is 3. The molecule has 148 valence electrons. The van der Waals surface area contributed by atoms with E-state index in [1.807, 2.05) is 6.07 Å². The Morgan fingerprint density at radius 1 is 0.793 bits per heavy atom. The average Bonchev–Trinajstić information content (AvgIpc) is 2.75. The van der Waals surface area contributed by atoms with Crippen molar-refractivity contribution in [3.05, 3.63) is 83.9 Å². The highest BCUT2D eigenvalue weighted by Gasteiger charge is 2.13. The summed E-state index contributed by atoms with van der Waals surface area (Å²) in [6, 6.07) is 21.3. The van der Waals surface area contributed by atoms with Crippen LogP contribution in [0.4, 0.5) is 11.4 Å². The number of carbonyl (C=O) groups is 2. The van der Waals surface area contributed by atoms with Crippen LogP contribution in [0.5, 0.6) is 11.5 Å². The van der Waals surface area contributed by atoms with Crippen LogP contribution in [0.25, 0.3) is 0 Å². The summed E-state index contributed by atoms with van der Waals surface area (Å²) >= 11 is 0. The first-order valence-corrected chi connectivity index (χ1v) is 9.07. The van der Waals surface area contributed by atoms with E-state index in [-0.39, 0.29) is 18.2 Å². The first-order chi connectivity index (χ1) is 14.1. The molecule has 0 spiro atoms. The average molecular weight is 390 g/mol. The van der Waals surface area contributed by atoms with Gasteiger partial charge in [0.1, 0.15) is 11.5 Å². The molecule has 0 atom stereocenters. The van der Waals surface area contributed by atoms with E-state index in [4.69, 9.17) is 9.47 Å². The van der Waals surface area contributed by atoms with Crippen LogP contribution >= 0.6 is 0 Å². The van der Waals surface area contributed by atoms with Crippen LogP contribution in [0.2, 0.25) is 0 Å². The van der Waals surface area contributed by atoms with Crippen molar-refractivity contribution < 1.29 is 19.1 Å². The number of para-hydroxylation sites is 2. The molecule has 0 bridgehead atoms. The van der Waals surface area contributed by atoms with Crippen molar-refractivity contribution >= 4 is 23.2 Å². The van der Waals surface area contributed by atoms with Gasteiger partial charge in [0.25, 0.3) is 5.91 Å². The third-order valence-electron chi connectivity index (χ3n) is 4.32. The number of amides is 2. The van der Waals surface area contributed by atoms with E-state index in [2.05, 4.69) is 10.6 Å². The third-order valence-corrected chi connectivity index (χ3v) is 4.32. The Kier molecular flexibility index (Phi) is 6.47. The van der Waals surface area contributed by atoms with E-state index in [0.717, 1.165) is 0 Å². The Bertz CT molecular complexity index is 1000. The predicted molar refractivity (Wildman–Crippen MR) is 113 cm³/mol. The fourth-order valence-corrected chi connectivity index (χ4v) is 2.87. The lowest BCUT2D eigenvalue weighted by Crippen LogP contribution is -2.18. The van der Waals surface area contributed by atoms with Crippen LogP contribution in [0.1, 0.15) is 15.9 Å². The number of ether oxygens (including phenoxy) is 2. The standard InChI is InChI=1S/C23H22N2O4/c1-28-18-12-13-21(29-2)17(14-18)15-22(26)24-19-10-6-7-11-20(19)25-23(27)16-8-4-3-5-9-16/h3-14H,15H2,1-2H3,(H,24,26)(H,25,27). The highest BCUT2D eigenvalue weighted by molar-refractivity contribution is 6.07. The van der Waals surface area contributed by atoms with Crippen LogP contribution in [-0.2, 0) is 11.2 Å². The second-order valence-electron chi connectivity index (χ2n) is 6.27. The second kappa shape index (κ2) is 9.41. The zero-order valence-corrected chi connectivity index (χ0v) is 16.3. The van der Waals surface area contributed by atoms with Crippen molar-refractivity contribution in [3.63, 3.8) is 0 Å². The Balaban J connectivity index is 1.74. The van der Waals surface area contributed by atoms with Crippen LogP contribution in [0.15, 0.2) is 72.8 Å². The highest BCUT2D eigenvalue weighted by atomic mass is 16.5. The number of rotatable bonds is 7. The van der Waals surface area contributed by atoms with E-state index in [9.17, 15) is 9.59 Å². The molecule has 3 aromatic carbocycles. The molecular formula is C23H22N2O4. The molecule has 3 aromatic rings.